The highest BCUT2D eigenvalue weighted by molar-refractivity contribution is 5.99. The maximum absolute atomic E-state index is 13.7. The number of anilines is 2. The fraction of sp³-hybridized carbons (Fsp3) is 0.364. The van der Waals surface area contributed by atoms with Crippen molar-refractivity contribution < 1.29 is 42.5 Å². The number of benzene rings is 2. The van der Waals surface area contributed by atoms with Crippen LogP contribution in [0.25, 0.3) is 11.2 Å². The van der Waals surface area contributed by atoms with E-state index in [1.165, 1.54) is 0 Å². The predicted molar refractivity (Wildman–Crippen MR) is 181 cm³/mol. The minimum Gasteiger partial charge on any atom is -0.488 e. The molecule has 0 saturated carbocycles. The summed E-state index contributed by atoms with van der Waals surface area (Å²) in [6.07, 6.45) is -4.85. The van der Waals surface area contributed by atoms with Crippen molar-refractivity contribution in [1.82, 2.24) is 25.3 Å². The molecule has 2 heterocycles. The molecule has 4 N–H and O–H groups in total. The Labute approximate surface area is 296 Å². The third-order valence-corrected chi connectivity index (χ3v) is 6.20. The van der Waals surface area contributed by atoms with Crippen LogP contribution in [0.2, 0.25) is 0 Å². The summed E-state index contributed by atoms with van der Waals surface area (Å²) in [7, 11) is 0. The minimum absolute atomic E-state index is 0. The molecule has 50 heavy (non-hydrogen) atoms. The Kier molecular flexibility index (Phi) is 10.0. The Morgan fingerprint density at radius 2 is 1.62 bits per heavy atom. The number of hydrogen-bond acceptors (Lipinski definition) is 10. The summed E-state index contributed by atoms with van der Waals surface area (Å²) < 4.78 is 86.1. The molecule has 268 valence electrons. The molecular formula is C33H37ClF3N7O6. The first-order valence-electron chi connectivity index (χ1n) is 16.7. The van der Waals surface area contributed by atoms with E-state index in [0.717, 1.165) is 30.5 Å². The number of aromatic amines is 1. The number of esters is 1. The summed E-state index contributed by atoms with van der Waals surface area (Å²) in [5.41, 5.74) is 1.37. The Hall–Kier alpha value is -5.25. The van der Waals surface area contributed by atoms with Gasteiger partial charge in [-0.1, -0.05) is 12.1 Å². The number of hydrogen-bond donors (Lipinski definition) is 3. The number of rotatable bonds is 9. The van der Waals surface area contributed by atoms with Crippen molar-refractivity contribution in [1.29, 1.82) is 0 Å². The van der Waals surface area contributed by atoms with Gasteiger partial charge in [-0.3, -0.25) is 24.3 Å². The first-order chi connectivity index (χ1) is 24.4. The summed E-state index contributed by atoms with van der Waals surface area (Å²) >= 11 is 0. The second-order valence-electron chi connectivity index (χ2n) is 12.7. The molecule has 0 bridgehead atoms. The van der Waals surface area contributed by atoms with Crippen molar-refractivity contribution >= 4 is 53.0 Å². The third kappa shape index (κ3) is 10.6. The van der Waals surface area contributed by atoms with Gasteiger partial charge in [0.25, 0.3) is 11.5 Å². The number of nitrogens with one attached hydrogen (secondary N) is 2. The fourth-order valence-corrected chi connectivity index (χ4v) is 4.23. The number of nitrogens with two attached hydrogens (primary N) is 1. The molecule has 2 aromatic carbocycles. The molecule has 0 aliphatic heterocycles. The molecule has 0 aliphatic rings. The van der Waals surface area contributed by atoms with E-state index in [1.54, 1.807) is 41.5 Å². The summed E-state index contributed by atoms with van der Waals surface area (Å²) in [5.74, 6) is -4.73. The number of nitrogens with zero attached hydrogens (tertiary/aromatic N) is 4. The molecule has 2 amide bonds. The van der Waals surface area contributed by atoms with Gasteiger partial charge in [0.1, 0.15) is 23.0 Å². The van der Waals surface area contributed by atoms with Gasteiger partial charge in [-0.05, 0) is 83.5 Å². The van der Waals surface area contributed by atoms with Gasteiger partial charge in [0.05, 0.1) is 23.9 Å². The zero-order valence-corrected chi connectivity index (χ0v) is 28.6. The standard InChI is InChI=1S/C33H36F3N7O6.ClH/c1-31(2,3)48-22-13-7-18(8-14-22)15-23(28(46)49-32(4,5)6)40-26(44)19-9-11-21(12-10-19)43(29(47)33(34,35)36)17-20-16-38-25-24(39-20)27(45)42-30(37)41-25;/h7-14,16,23H,15,17H2,1-6H3,(H,40,44)(H3,37,38,41,42,45);1H/i7D,8D,13D,14D;. The molecule has 0 aliphatic carbocycles. The van der Waals surface area contributed by atoms with Crippen LogP contribution in [0.3, 0.4) is 0 Å². The largest absolute Gasteiger partial charge is 0.488 e. The highest BCUT2D eigenvalue weighted by Crippen LogP contribution is 2.26. The van der Waals surface area contributed by atoms with Gasteiger partial charge in [-0.25, -0.2) is 14.8 Å². The van der Waals surface area contributed by atoms with E-state index in [-0.39, 0.29) is 57.8 Å². The van der Waals surface area contributed by atoms with Crippen molar-refractivity contribution in [2.75, 3.05) is 10.6 Å². The van der Waals surface area contributed by atoms with E-state index >= 15 is 0 Å². The van der Waals surface area contributed by atoms with Crippen molar-refractivity contribution in [3.63, 3.8) is 0 Å². The third-order valence-electron chi connectivity index (χ3n) is 6.20. The lowest BCUT2D eigenvalue weighted by Gasteiger charge is -2.25. The van der Waals surface area contributed by atoms with Crippen LogP contribution in [0.1, 0.15) is 68.6 Å². The molecule has 0 fully saturated rings. The van der Waals surface area contributed by atoms with Crippen LogP contribution in [-0.2, 0) is 27.3 Å². The van der Waals surface area contributed by atoms with Gasteiger partial charge in [-0.2, -0.15) is 18.2 Å². The molecule has 13 nitrogen and oxygen atoms in total. The van der Waals surface area contributed by atoms with Crippen LogP contribution in [0.4, 0.5) is 24.8 Å². The quantitative estimate of drug-likeness (QED) is 0.205. The summed E-state index contributed by atoms with van der Waals surface area (Å²) in [6.45, 7) is 8.90. The fourth-order valence-electron chi connectivity index (χ4n) is 4.23. The topological polar surface area (TPSA) is 182 Å². The van der Waals surface area contributed by atoms with Crippen LogP contribution in [0, 0.1) is 0 Å². The van der Waals surface area contributed by atoms with Gasteiger partial charge >= 0.3 is 18.1 Å². The Morgan fingerprint density at radius 3 is 2.18 bits per heavy atom. The molecule has 4 rings (SSSR count). The highest BCUT2D eigenvalue weighted by Gasteiger charge is 2.43. The Bertz CT molecular complexity index is 2110. The number of carbonyl (C=O) groups excluding carboxylic acids is 3. The lowest BCUT2D eigenvalue weighted by Crippen LogP contribution is -2.45. The number of carbonyl (C=O) groups is 3. The number of ether oxygens (including phenoxy) is 2. The number of nitrogen functional groups attached to an aromatic ring is 1. The van der Waals surface area contributed by atoms with E-state index in [2.05, 4.69) is 25.3 Å². The molecule has 0 saturated heterocycles. The molecule has 1 unspecified atom stereocenters. The number of H-pyrrole nitrogens is 1. The number of amides is 2. The van der Waals surface area contributed by atoms with E-state index in [1.807, 2.05) is 0 Å². The predicted octanol–water partition coefficient (Wildman–Crippen LogP) is 4.67. The normalized spacial score (nSPS) is 13.5. The van der Waals surface area contributed by atoms with Gasteiger partial charge < -0.3 is 20.5 Å². The zero-order valence-electron chi connectivity index (χ0n) is 31.7. The maximum atomic E-state index is 13.7. The number of fused-ring (bicyclic) bond motifs is 1. The van der Waals surface area contributed by atoms with E-state index in [9.17, 15) is 32.3 Å². The molecule has 1 atom stereocenters. The van der Waals surface area contributed by atoms with Crippen molar-refractivity contribution in [3.8, 4) is 5.75 Å². The molecule has 17 heteroatoms. The van der Waals surface area contributed by atoms with Crippen molar-refractivity contribution in [3.05, 3.63) is 81.8 Å². The first kappa shape index (κ1) is 33.3. The molecule has 0 radical (unpaired) electrons. The van der Waals surface area contributed by atoms with Crippen LogP contribution in [0.15, 0.2) is 59.4 Å². The number of alkyl halides is 3. The van der Waals surface area contributed by atoms with Gasteiger partial charge in [0.15, 0.2) is 11.2 Å². The van der Waals surface area contributed by atoms with E-state index in [4.69, 9.17) is 20.7 Å². The van der Waals surface area contributed by atoms with Crippen molar-refractivity contribution in [2.24, 2.45) is 0 Å². The molecule has 0 spiro atoms. The monoisotopic (exact) mass is 723 g/mol. The maximum Gasteiger partial charge on any atom is 0.471 e. The second kappa shape index (κ2) is 15.1. The number of aromatic nitrogens is 4. The van der Waals surface area contributed by atoms with Gasteiger partial charge in [-0.15, -0.1) is 12.4 Å². The smallest absolute Gasteiger partial charge is 0.471 e. The number of halogens is 4. The van der Waals surface area contributed by atoms with Gasteiger partial charge in [0.2, 0.25) is 5.95 Å². The van der Waals surface area contributed by atoms with Gasteiger partial charge in [0, 0.05) is 17.7 Å². The van der Waals surface area contributed by atoms with Crippen LogP contribution < -0.4 is 26.2 Å². The average Bonchev–Trinajstić information content (AvgIpc) is 3.04. The minimum atomic E-state index is -5.34. The second-order valence-corrected chi connectivity index (χ2v) is 12.7. The first-order valence-corrected chi connectivity index (χ1v) is 14.7. The Morgan fingerprint density at radius 1 is 1.00 bits per heavy atom. The van der Waals surface area contributed by atoms with Crippen LogP contribution in [0.5, 0.6) is 5.75 Å². The lowest BCUT2D eigenvalue weighted by molar-refractivity contribution is -0.170. The SMILES string of the molecule is Cl.[2H]c1c([2H])c(OC(C)(C)C)c([2H])c([2H])c1CC(NC(=O)c1ccc(N(Cc2cnc3nc(N)[nH]c(=O)c3n2)C(=O)C(F)(F)F)cc1)C(=O)OC(C)(C)C. The van der Waals surface area contributed by atoms with E-state index < -0.39 is 83.9 Å². The summed E-state index contributed by atoms with van der Waals surface area (Å²) in [4.78, 5) is 65.8. The van der Waals surface area contributed by atoms with Crippen LogP contribution in [-0.4, -0.2) is 61.1 Å². The highest BCUT2D eigenvalue weighted by atomic mass is 35.5. The zero-order chi connectivity index (χ0) is 39.8. The lowest BCUT2D eigenvalue weighted by atomic mass is 10.0. The van der Waals surface area contributed by atoms with E-state index in [0.29, 0.717) is 4.90 Å². The van der Waals surface area contributed by atoms with Crippen molar-refractivity contribution in [2.45, 2.75) is 77.9 Å². The Balaban J connectivity index is 0.00000784. The average molecular weight is 724 g/mol. The van der Waals surface area contributed by atoms with Crippen LogP contribution >= 0.6 is 12.4 Å². The summed E-state index contributed by atoms with van der Waals surface area (Å²) in [5, 5.41) is 2.45. The molecule has 4 aromatic rings. The summed E-state index contributed by atoms with van der Waals surface area (Å²) in [6, 6.07) is 0.702. The molecular weight excluding hydrogens is 683 g/mol. The molecule has 2 aromatic heterocycles.